The van der Waals surface area contributed by atoms with E-state index >= 15 is 0 Å². The van der Waals surface area contributed by atoms with E-state index in [2.05, 4.69) is 22.0 Å². The molecule has 6 nitrogen and oxygen atoms in total. The average Bonchev–Trinajstić information content (AvgIpc) is 3.20. The van der Waals surface area contributed by atoms with Crippen molar-refractivity contribution in [2.75, 3.05) is 14.2 Å². The second-order valence-corrected chi connectivity index (χ2v) is 8.71. The number of ether oxygens (including phenoxy) is 1. The van der Waals surface area contributed by atoms with Crippen molar-refractivity contribution >= 4 is 22.7 Å². The van der Waals surface area contributed by atoms with Gasteiger partial charge in [-0.15, -0.1) is 0 Å². The molecule has 3 aromatic carbocycles. The van der Waals surface area contributed by atoms with Gasteiger partial charge in [0.25, 0.3) is 5.91 Å². The highest BCUT2D eigenvalue weighted by Crippen LogP contribution is 2.44. The first-order valence-electron chi connectivity index (χ1n) is 11.3. The molecule has 5 rings (SSSR count). The Morgan fingerprint density at radius 1 is 0.971 bits per heavy atom. The van der Waals surface area contributed by atoms with Crippen molar-refractivity contribution in [2.24, 2.45) is 7.05 Å². The van der Waals surface area contributed by atoms with E-state index in [1.807, 2.05) is 67.8 Å². The number of aryl methyl sites for hydroxylation is 1. The van der Waals surface area contributed by atoms with Crippen LogP contribution in [0.2, 0.25) is 0 Å². The molecule has 0 aliphatic carbocycles. The maximum absolute atomic E-state index is 13.8. The number of carbonyl (C=O) groups is 2. The van der Waals surface area contributed by atoms with Crippen molar-refractivity contribution < 1.29 is 14.3 Å². The Bertz CT molecular complexity index is 1390. The molecule has 2 heterocycles. The van der Waals surface area contributed by atoms with Crippen LogP contribution in [0.1, 0.15) is 39.0 Å². The van der Waals surface area contributed by atoms with Gasteiger partial charge in [-0.05, 0) is 35.4 Å². The maximum Gasteiger partial charge on any atom is 0.254 e. The molecule has 0 radical (unpaired) electrons. The molecule has 1 aromatic heterocycles. The van der Waals surface area contributed by atoms with Crippen LogP contribution >= 0.6 is 0 Å². The lowest BCUT2D eigenvalue weighted by molar-refractivity contribution is -0.124. The molecule has 34 heavy (non-hydrogen) atoms. The van der Waals surface area contributed by atoms with Crippen molar-refractivity contribution in [3.8, 4) is 5.75 Å². The van der Waals surface area contributed by atoms with E-state index < -0.39 is 12.0 Å². The Morgan fingerprint density at radius 2 is 1.74 bits per heavy atom. The van der Waals surface area contributed by atoms with Crippen molar-refractivity contribution in [1.82, 2.24) is 14.8 Å². The fourth-order valence-corrected chi connectivity index (χ4v) is 5.04. The van der Waals surface area contributed by atoms with Crippen LogP contribution in [0.25, 0.3) is 10.9 Å². The summed E-state index contributed by atoms with van der Waals surface area (Å²) in [7, 11) is 5.40. The molecule has 2 atom stereocenters. The number of amides is 2. The van der Waals surface area contributed by atoms with Gasteiger partial charge in [-0.3, -0.25) is 9.59 Å². The van der Waals surface area contributed by atoms with Gasteiger partial charge in [-0.1, -0.05) is 48.5 Å². The Hall–Kier alpha value is -4.06. The largest absolute Gasteiger partial charge is 0.497 e. The molecule has 0 bridgehead atoms. The first-order valence-corrected chi connectivity index (χ1v) is 11.3. The molecule has 1 N–H and O–H groups in total. The van der Waals surface area contributed by atoms with Gasteiger partial charge in [-0.25, -0.2) is 0 Å². The topological polar surface area (TPSA) is 63.6 Å². The number of rotatable bonds is 5. The third-order valence-electron chi connectivity index (χ3n) is 6.71. The number of likely N-dealkylation sites (N-methyl/N-ethyl adjacent to an activating group) is 1. The van der Waals surface area contributed by atoms with Crippen LogP contribution in [0.15, 0.2) is 79.0 Å². The third kappa shape index (κ3) is 3.61. The first kappa shape index (κ1) is 21.8. The van der Waals surface area contributed by atoms with Gasteiger partial charge >= 0.3 is 0 Å². The molecule has 4 aromatic rings. The van der Waals surface area contributed by atoms with Crippen LogP contribution in [-0.4, -0.2) is 35.4 Å². The number of fused-ring (bicyclic) bond motifs is 2. The lowest BCUT2D eigenvalue weighted by Crippen LogP contribution is -2.45. The molecule has 2 amide bonds. The summed E-state index contributed by atoms with van der Waals surface area (Å²) >= 11 is 0. The highest BCUT2D eigenvalue weighted by Gasteiger charge is 2.43. The lowest BCUT2D eigenvalue weighted by Gasteiger charge is -2.39. The zero-order valence-corrected chi connectivity index (χ0v) is 19.5. The normalized spacial score (nSPS) is 17.5. The standard InChI is InChI=1S/C28H27N3O3/c1-30-17-23(20-11-6-7-14-24(20)30)26-25(21-12-4-5-13-22(21)28(33)31(26)2)27(32)29-16-18-9-8-10-19(15-18)34-3/h4-15,17,25-26H,16H2,1-3H3,(H,29,32). The first-order chi connectivity index (χ1) is 16.5. The van der Waals surface area contributed by atoms with E-state index in [0.29, 0.717) is 12.1 Å². The zero-order valence-electron chi connectivity index (χ0n) is 19.5. The zero-order chi connectivity index (χ0) is 23.8. The van der Waals surface area contributed by atoms with Gasteiger partial charge in [-0.2, -0.15) is 0 Å². The predicted molar refractivity (Wildman–Crippen MR) is 132 cm³/mol. The van der Waals surface area contributed by atoms with Crippen LogP contribution in [0.5, 0.6) is 5.75 Å². The molecule has 0 saturated heterocycles. The monoisotopic (exact) mass is 453 g/mol. The molecular weight excluding hydrogens is 426 g/mol. The van der Waals surface area contributed by atoms with Gasteiger partial charge in [0.2, 0.25) is 5.91 Å². The Balaban J connectivity index is 1.57. The maximum atomic E-state index is 13.8. The summed E-state index contributed by atoms with van der Waals surface area (Å²) in [4.78, 5) is 28.8. The minimum absolute atomic E-state index is 0.0784. The Labute approximate surface area is 198 Å². The highest BCUT2D eigenvalue weighted by atomic mass is 16.5. The number of benzene rings is 3. The van der Waals surface area contributed by atoms with Gasteiger partial charge in [0.15, 0.2) is 0 Å². The second-order valence-electron chi connectivity index (χ2n) is 8.71. The molecule has 2 unspecified atom stereocenters. The molecule has 6 heteroatoms. The Kier molecular flexibility index (Phi) is 5.57. The molecular formula is C28H27N3O3. The number of hydrogen-bond acceptors (Lipinski definition) is 3. The van der Waals surface area contributed by atoms with Gasteiger partial charge in [0.05, 0.1) is 19.1 Å². The van der Waals surface area contributed by atoms with E-state index in [9.17, 15) is 9.59 Å². The predicted octanol–water partition coefficient (Wildman–Crippen LogP) is 4.41. The van der Waals surface area contributed by atoms with Crippen LogP contribution < -0.4 is 10.1 Å². The van der Waals surface area contributed by atoms with E-state index in [1.165, 1.54) is 0 Å². The molecule has 0 fully saturated rings. The lowest BCUT2D eigenvalue weighted by atomic mass is 9.79. The molecule has 1 aliphatic heterocycles. The molecule has 0 spiro atoms. The number of nitrogens with zero attached hydrogens (tertiary/aromatic N) is 2. The molecule has 172 valence electrons. The quantitative estimate of drug-likeness (QED) is 0.487. The fourth-order valence-electron chi connectivity index (χ4n) is 5.04. The summed E-state index contributed by atoms with van der Waals surface area (Å²) in [6, 6.07) is 22.7. The third-order valence-corrected chi connectivity index (χ3v) is 6.71. The minimum atomic E-state index is -0.546. The molecule has 0 saturated carbocycles. The van der Waals surface area contributed by atoms with Crippen LogP contribution in [0, 0.1) is 0 Å². The Morgan fingerprint density at radius 3 is 2.56 bits per heavy atom. The van der Waals surface area contributed by atoms with Crippen molar-refractivity contribution in [3.63, 3.8) is 0 Å². The average molecular weight is 454 g/mol. The summed E-state index contributed by atoms with van der Waals surface area (Å²) in [6.45, 7) is 0.370. The number of nitrogens with one attached hydrogen (secondary N) is 1. The van der Waals surface area contributed by atoms with E-state index in [-0.39, 0.29) is 11.8 Å². The van der Waals surface area contributed by atoms with Crippen molar-refractivity contribution in [1.29, 1.82) is 0 Å². The van der Waals surface area contributed by atoms with E-state index in [0.717, 1.165) is 33.3 Å². The summed E-state index contributed by atoms with van der Waals surface area (Å²) < 4.78 is 7.36. The molecule has 1 aliphatic rings. The number of hydrogen-bond donors (Lipinski definition) is 1. The number of carbonyl (C=O) groups excluding carboxylic acids is 2. The van der Waals surface area contributed by atoms with Crippen LogP contribution in [0.4, 0.5) is 0 Å². The van der Waals surface area contributed by atoms with Crippen LogP contribution in [-0.2, 0) is 18.4 Å². The van der Waals surface area contributed by atoms with Gasteiger partial charge < -0.3 is 19.5 Å². The summed E-state index contributed by atoms with van der Waals surface area (Å²) in [6.07, 6.45) is 2.04. The number of para-hydroxylation sites is 1. The van der Waals surface area contributed by atoms with E-state index in [1.54, 1.807) is 25.1 Å². The number of methoxy groups -OCH3 is 1. The smallest absolute Gasteiger partial charge is 0.254 e. The summed E-state index contributed by atoms with van der Waals surface area (Å²) in [5.74, 6) is 0.00182. The van der Waals surface area contributed by atoms with Gasteiger partial charge in [0, 0.05) is 48.9 Å². The fraction of sp³-hybridized carbons (Fsp3) is 0.214. The SMILES string of the molecule is COc1cccc(CNC(=O)C2c3ccccc3C(=O)N(C)C2c2cn(C)c3ccccc23)c1. The second kappa shape index (κ2) is 8.71. The van der Waals surface area contributed by atoms with E-state index in [4.69, 9.17) is 4.74 Å². The van der Waals surface area contributed by atoms with Gasteiger partial charge in [0.1, 0.15) is 5.75 Å². The number of aromatic nitrogens is 1. The summed E-state index contributed by atoms with van der Waals surface area (Å²) in [5.41, 5.74) is 4.30. The van der Waals surface area contributed by atoms with Crippen LogP contribution in [0.3, 0.4) is 0 Å². The van der Waals surface area contributed by atoms with Crippen molar-refractivity contribution in [3.05, 3.63) is 101 Å². The van der Waals surface area contributed by atoms with Crippen molar-refractivity contribution in [2.45, 2.75) is 18.5 Å². The summed E-state index contributed by atoms with van der Waals surface area (Å²) in [5, 5.41) is 4.15. The highest BCUT2D eigenvalue weighted by molar-refractivity contribution is 6.02. The minimum Gasteiger partial charge on any atom is -0.497 e.